The second-order valence-electron chi connectivity index (χ2n) is 7.36. The number of benzene rings is 2. The smallest absolute Gasteiger partial charge is 0.224 e. The largest absolute Gasteiger partial charge is 0.326 e. The van der Waals surface area contributed by atoms with Crippen LogP contribution in [0.4, 0.5) is 5.69 Å². The molecule has 0 spiro atoms. The van der Waals surface area contributed by atoms with Crippen LogP contribution in [0.1, 0.15) is 20.3 Å². The zero-order chi connectivity index (χ0) is 20.4. The number of hydrogen-bond acceptors (Lipinski definition) is 3. The minimum atomic E-state index is 0.0149. The Bertz CT molecular complexity index is 1170. The third-order valence-electron chi connectivity index (χ3n) is 4.59. The molecule has 2 aromatic heterocycles. The Hall–Kier alpha value is -3.18. The molecule has 0 aliphatic carbocycles. The third kappa shape index (κ3) is 4.15. The maximum Gasteiger partial charge on any atom is 0.224 e. The van der Waals surface area contributed by atoms with Crippen LogP contribution in [0.2, 0.25) is 5.02 Å². The monoisotopic (exact) mass is 404 g/mol. The van der Waals surface area contributed by atoms with Crippen LogP contribution in [0.5, 0.6) is 0 Å². The first-order chi connectivity index (χ1) is 14.0. The van der Waals surface area contributed by atoms with Crippen molar-refractivity contribution in [1.82, 2.24) is 14.6 Å². The molecule has 0 atom stereocenters. The molecular weight excluding hydrogens is 384 g/mol. The molecule has 0 aliphatic rings. The first kappa shape index (κ1) is 19.2. The van der Waals surface area contributed by atoms with Crippen molar-refractivity contribution in [2.24, 2.45) is 5.92 Å². The highest BCUT2D eigenvalue weighted by molar-refractivity contribution is 6.30. The van der Waals surface area contributed by atoms with E-state index in [9.17, 15) is 4.79 Å². The summed E-state index contributed by atoms with van der Waals surface area (Å²) in [6.07, 6.45) is 4.08. The van der Waals surface area contributed by atoms with E-state index in [-0.39, 0.29) is 5.91 Å². The van der Waals surface area contributed by atoms with Crippen molar-refractivity contribution < 1.29 is 4.79 Å². The zero-order valence-electron chi connectivity index (χ0n) is 16.3. The van der Waals surface area contributed by atoms with Gasteiger partial charge < -0.3 is 5.32 Å². The lowest BCUT2D eigenvalue weighted by Crippen LogP contribution is -2.13. The van der Waals surface area contributed by atoms with Crippen LogP contribution in [0.15, 0.2) is 67.0 Å². The van der Waals surface area contributed by atoms with Crippen molar-refractivity contribution in [2.45, 2.75) is 20.3 Å². The van der Waals surface area contributed by atoms with Crippen LogP contribution in [0.3, 0.4) is 0 Å². The quantitative estimate of drug-likeness (QED) is 0.464. The number of aromatic nitrogens is 3. The van der Waals surface area contributed by atoms with Crippen LogP contribution >= 0.6 is 11.6 Å². The molecule has 5 nitrogen and oxygen atoms in total. The van der Waals surface area contributed by atoms with Crippen molar-refractivity contribution in [2.75, 3.05) is 5.32 Å². The lowest BCUT2D eigenvalue weighted by molar-refractivity contribution is -0.116. The molecular formula is C23H21ClN4O. The van der Waals surface area contributed by atoms with Crippen molar-refractivity contribution >= 4 is 28.8 Å². The number of carbonyl (C=O) groups is 1. The molecule has 0 bridgehead atoms. The van der Waals surface area contributed by atoms with E-state index >= 15 is 0 Å². The van der Waals surface area contributed by atoms with Crippen LogP contribution in [-0.2, 0) is 4.79 Å². The van der Waals surface area contributed by atoms with Gasteiger partial charge >= 0.3 is 0 Å². The number of nitrogens with one attached hydrogen (secondary N) is 1. The van der Waals surface area contributed by atoms with Gasteiger partial charge in [-0.05, 0) is 41.8 Å². The molecule has 4 rings (SSSR count). The van der Waals surface area contributed by atoms with Crippen LogP contribution < -0.4 is 5.32 Å². The van der Waals surface area contributed by atoms with Gasteiger partial charge in [-0.2, -0.15) is 5.10 Å². The molecule has 1 N–H and O–H groups in total. The van der Waals surface area contributed by atoms with Crippen LogP contribution in [-0.4, -0.2) is 20.5 Å². The van der Waals surface area contributed by atoms with Gasteiger partial charge in [0.15, 0.2) is 5.65 Å². The van der Waals surface area contributed by atoms with Gasteiger partial charge in [0, 0.05) is 34.5 Å². The molecule has 29 heavy (non-hydrogen) atoms. The first-order valence-electron chi connectivity index (χ1n) is 9.50. The summed E-state index contributed by atoms with van der Waals surface area (Å²) in [5.41, 5.74) is 5.32. The molecule has 0 aliphatic heterocycles. The average molecular weight is 405 g/mol. The molecule has 2 heterocycles. The van der Waals surface area contributed by atoms with E-state index < -0.39 is 0 Å². The second-order valence-corrected chi connectivity index (χ2v) is 7.79. The molecule has 0 radical (unpaired) electrons. The fraction of sp³-hybridized carbons (Fsp3) is 0.174. The summed E-state index contributed by atoms with van der Waals surface area (Å²) in [6.45, 7) is 4.05. The minimum Gasteiger partial charge on any atom is -0.326 e. The Morgan fingerprint density at radius 3 is 2.66 bits per heavy atom. The number of fused-ring (bicyclic) bond motifs is 1. The Kier molecular flexibility index (Phi) is 5.32. The van der Waals surface area contributed by atoms with Crippen molar-refractivity contribution in [3.05, 3.63) is 72.0 Å². The summed E-state index contributed by atoms with van der Waals surface area (Å²) in [5.74, 6) is 0.328. The summed E-state index contributed by atoms with van der Waals surface area (Å²) >= 11 is 6.01. The van der Waals surface area contributed by atoms with E-state index in [1.165, 1.54) is 0 Å². The van der Waals surface area contributed by atoms with E-state index in [2.05, 4.69) is 15.4 Å². The number of halogens is 1. The first-order valence-corrected chi connectivity index (χ1v) is 9.88. The lowest BCUT2D eigenvalue weighted by atomic mass is 10.1. The molecule has 2 aromatic carbocycles. The van der Waals surface area contributed by atoms with Gasteiger partial charge in [-0.1, -0.05) is 49.7 Å². The van der Waals surface area contributed by atoms with E-state index in [0.717, 1.165) is 33.7 Å². The van der Waals surface area contributed by atoms with Gasteiger partial charge in [-0.3, -0.25) is 4.79 Å². The van der Waals surface area contributed by atoms with Crippen molar-refractivity contribution in [1.29, 1.82) is 0 Å². The summed E-state index contributed by atoms with van der Waals surface area (Å²) in [5, 5.41) is 8.22. The Labute approximate surface area is 174 Å². The standard InChI is InChI=1S/C23H21ClN4O/c1-15(2)12-22(29)27-19-5-3-4-17(13-19)21-10-11-25-23-20(14-26-28(21)23)16-6-8-18(24)9-7-16/h3-11,13-15H,12H2,1-2H3,(H,27,29). The molecule has 4 aromatic rings. The van der Waals surface area contributed by atoms with Crippen LogP contribution in [0, 0.1) is 5.92 Å². The van der Waals surface area contributed by atoms with Gasteiger partial charge in [-0.25, -0.2) is 9.50 Å². The summed E-state index contributed by atoms with van der Waals surface area (Å²) < 4.78 is 1.82. The van der Waals surface area contributed by atoms with E-state index in [1.807, 2.05) is 79.2 Å². The maximum absolute atomic E-state index is 12.1. The van der Waals surface area contributed by atoms with E-state index in [4.69, 9.17) is 11.6 Å². The molecule has 0 fully saturated rings. The van der Waals surface area contributed by atoms with E-state index in [1.54, 1.807) is 6.20 Å². The van der Waals surface area contributed by atoms with Crippen molar-refractivity contribution in [3.63, 3.8) is 0 Å². The Balaban J connectivity index is 1.71. The predicted molar refractivity (Wildman–Crippen MR) is 117 cm³/mol. The zero-order valence-corrected chi connectivity index (χ0v) is 17.0. The summed E-state index contributed by atoms with van der Waals surface area (Å²) in [4.78, 5) is 16.6. The number of rotatable bonds is 5. The highest BCUT2D eigenvalue weighted by atomic mass is 35.5. The Morgan fingerprint density at radius 2 is 1.90 bits per heavy atom. The Morgan fingerprint density at radius 1 is 1.10 bits per heavy atom. The molecule has 6 heteroatoms. The molecule has 146 valence electrons. The molecule has 1 amide bonds. The fourth-order valence-electron chi connectivity index (χ4n) is 3.28. The number of amides is 1. The topological polar surface area (TPSA) is 59.3 Å². The number of anilines is 1. The second kappa shape index (κ2) is 8.05. The number of carbonyl (C=O) groups excluding carboxylic acids is 1. The molecule has 0 unspecified atom stereocenters. The molecule has 0 saturated carbocycles. The maximum atomic E-state index is 12.1. The number of hydrogen-bond donors (Lipinski definition) is 1. The SMILES string of the molecule is CC(C)CC(=O)Nc1cccc(-c2ccnc3c(-c4ccc(Cl)cc4)cnn23)c1. The van der Waals surface area contributed by atoms with Gasteiger partial charge in [0.2, 0.25) is 5.91 Å². The van der Waals surface area contributed by atoms with Crippen LogP contribution in [0.25, 0.3) is 28.0 Å². The average Bonchev–Trinajstić information content (AvgIpc) is 3.12. The highest BCUT2D eigenvalue weighted by Gasteiger charge is 2.13. The molecule has 0 saturated heterocycles. The van der Waals surface area contributed by atoms with E-state index in [0.29, 0.717) is 17.4 Å². The normalized spacial score (nSPS) is 11.2. The lowest BCUT2D eigenvalue weighted by Gasteiger charge is -2.10. The van der Waals surface area contributed by atoms with Crippen molar-refractivity contribution in [3.8, 4) is 22.4 Å². The van der Waals surface area contributed by atoms with Gasteiger partial charge in [0.05, 0.1) is 11.9 Å². The predicted octanol–water partition coefficient (Wildman–Crippen LogP) is 5.70. The minimum absolute atomic E-state index is 0.0149. The summed E-state index contributed by atoms with van der Waals surface area (Å²) in [7, 11) is 0. The number of nitrogens with zero attached hydrogens (tertiary/aromatic N) is 3. The highest BCUT2D eigenvalue weighted by Crippen LogP contribution is 2.29. The third-order valence-corrected chi connectivity index (χ3v) is 4.84. The van der Waals surface area contributed by atoms with Gasteiger partial charge in [-0.15, -0.1) is 0 Å². The van der Waals surface area contributed by atoms with Gasteiger partial charge in [0.25, 0.3) is 0 Å². The van der Waals surface area contributed by atoms with Gasteiger partial charge in [0.1, 0.15) is 0 Å². The summed E-state index contributed by atoms with van der Waals surface area (Å²) in [6, 6.07) is 17.3. The fourth-order valence-corrected chi connectivity index (χ4v) is 3.41.